The van der Waals surface area contributed by atoms with Gasteiger partial charge in [-0.3, -0.25) is 4.90 Å². The van der Waals surface area contributed by atoms with Gasteiger partial charge in [-0.05, 0) is 41.6 Å². The number of para-hydroxylation sites is 1. The van der Waals surface area contributed by atoms with Crippen molar-refractivity contribution in [3.63, 3.8) is 0 Å². The highest BCUT2D eigenvalue weighted by atomic mass is 15.2. The first-order chi connectivity index (χ1) is 12.3. The second kappa shape index (κ2) is 6.90. The molecule has 1 aromatic heterocycles. The molecular weight excluding hydrogens is 308 g/mol. The van der Waals surface area contributed by atoms with E-state index in [0.717, 1.165) is 44.0 Å². The van der Waals surface area contributed by atoms with Gasteiger partial charge in [-0.1, -0.05) is 31.2 Å². The number of benzene rings is 2. The summed E-state index contributed by atoms with van der Waals surface area (Å²) in [4.78, 5) is 2.55. The molecule has 0 spiro atoms. The lowest BCUT2D eigenvalue weighted by atomic mass is 9.99. The molecule has 1 aliphatic rings. The second-order valence-electron chi connectivity index (χ2n) is 6.77. The Morgan fingerprint density at radius 1 is 1.08 bits per heavy atom. The summed E-state index contributed by atoms with van der Waals surface area (Å²) < 4.78 is 2.21. The zero-order valence-electron chi connectivity index (χ0n) is 14.8. The Morgan fingerprint density at radius 2 is 1.88 bits per heavy atom. The van der Waals surface area contributed by atoms with Crippen LogP contribution in [0.4, 0.5) is 5.69 Å². The molecule has 0 amide bonds. The molecule has 25 heavy (non-hydrogen) atoms. The van der Waals surface area contributed by atoms with E-state index in [4.69, 9.17) is 5.73 Å². The third-order valence-electron chi connectivity index (χ3n) is 5.29. The normalized spacial score (nSPS) is 17.0. The molecule has 1 aliphatic heterocycles. The van der Waals surface area contributed by atoms with Crippen molar-refractivity contribution in [2.75, 3.05) is 31.9 Å². The number of hydrogen-bond acceptors (Lipinski definition) is 3. The van der Waals surface area contributed by atoms with Gasteiger partial charge >= 0.3 is 0 Å². The zero-order chi connectivity index (χ0) is 17.2. The van der Waals surface area contributed by atoms with Crippen LogP contribution in [0.5, 0.6) is 0 Å². The van der Waals surface area contributed by atoms with Crippen molar-refractivity contribution in [3.05, 3.63) is 60.3 Å². The first-order valence-electron chi connectivity index (χ1n) is 9.18. The molecular formula is C21H26N4. The number of fused-ring (bicyclic) bond motifs is 1. The van der Waals surface area contributed by atoms with E-state index >= 15 is 0 Å². The largest absolute Gasteiger partial charge is 0.398 e. The third kappa shape index (κ3) is 3.03. The number of nitrogens with one attached hydrogen (secondary N) is 1. The number of hydrogen-bond donors (Lipinski definition) is 2. The van der Waals surface area contributed by atoms with E-state index in [0.29, 0.717) is 6.04 Å². The Hall–Kier alpha value is -2.30. The minimum Gasteiger partial charge on any atom is -0.398 e. The fourth-order valence-corrected chi connectivity index (χ4v) is 3.99. The van der Waals surface area contributed by atoms with Gasteiger partial charge in [0, 0.05) is 49.8 Å². The molecule has 0 saturated carbocycles. The number of piperazine rings is 1. The fraction of sp³-hybridized carbons (Fsp3) is 0.333. The summed E-state index contributed by atoms with van der Waals surface area (Å²) in [6.45, 7) is 6.54. The molecule has 3 aromatic rings. The van der Waals surface area contributed by atoms with E-state index in [9.17, 15) is 0 Å². The van der Waals surface area contributed by atoms with Crippen molar-refractivity contribution < 1.29 is 0 Å². The van der Waals surface area contributed by atoms with Crippen molar-refractivity contribution in [2.24, 2.45) is 0 Å². The molecule has 0 bridgehead atoms. The van der Waals surface area contributed by atoms with Crippen molar-refractivity contribution in [3.8, 4) is 5.69 Å². The summed E-state index contributed by atoms with van der Waals surface area (Å²) in [7, 11) is 0. The maximum absolute atomic E-state index is 6.50. The Balaban J connectivity index is 1.68. The SMILES string of the molecule is CC[C@H](c1ccc(-n2ccc3ccccc32)cc1N)N1CCNCC1. The molecule has 0 radical (unpaired) electrons. The number of nitrogens with zero attached hydrogens (tertiary/aromatic N) is 2. The van der Waals surface area contributed by atoms with Crippen molar-refractivity contribution >= 4 is 16.6 Å². The maximum Gasteiger partial charge on any atom is 0.0528 e. The number of aromatic nitrogens is 1. The fourth-order valence-electron chi connectivity index (χ4n) is 3.99. The van der Waals surface area contributed by atoms with Gasteiger partial charge in [0.1, 0.15) is 0 Å². The monoisotopic (exact) mass is 334 g/mol. The number of rotatable bonds is 4. The molecule has 2 heterocycles. The van der Waals surface area contributed by atoms with Crippen molar-refractivity contribution in [1.29, 1.82) is 0 Å². The van der Waals surface area contributed by atoms with Crippen LogP contribution >= 0.6 is 0 Å². The van der Waals surface area contributed by atoms with Crippen molar-refractivity contribution in [2.45, 2.75) is 19.4 Å². The van der Waals surface area contributed by atoms with Crippen LogP contribution in [0.2, 0.25) is 0 Å². The van der Waals surface area contributed by atoms with Crippen LogP contribution in [-0.4, -0.2) is 35.6 Å². The summed E-state index contributed by atoms with van der Waals surface area (Å²) in [6, 6.07) is 17.5. The van der Waals surface area contributed by atoms with Gasteiger partial charge in [-0.25, -0.2) is 0 Å². The Labute approximate surface area is 149 Å². The average Bonchev–Trinajstić information content (AvgIpc) is 3.09. The Morgan fingerprint density at radius 3 is 2.64 bits per heavy atom. The summed E-state index contributed by atoms with van der Waals surface area (Å²) in [5.74, 6) is 0. The molecule has 130 valence electrons. The van der Waals surface area contributed by atoms with Crippen LogP contribution < -0.4 is 11.1 Å². The highest BCUT2D eigenvalue weighted by Gasteiger charge is 2.22. The summed E-state index contributed by atoms with van der Waals surface area (Å²) in [5, 5.41) is 4.68. The van der Waals surface area contributed by atoms with Gasteiger partial charge in [-0.15, -0.1) is 0 Å². The first-order valence-corrected chi connectivity index (χ1v) is 9.18. The molecule has 1 atom stereocenters. The van der Waals surface area contributed by atoms with Gasteiger partial charge < -0.3 is 15.6 Å². The quantitative estimate of drug-likeness (QED) is 0.717. The number of nitrogen functional groups attached to an aromatic ring is 1. The van der Waals surface area contributed by atoms with E-state index < -0.39 is 0 Å². The number of nitrogens with two attached hydrogens (primary N) is 1. The lowest BCUT2D eigenvalue weighted by Crippen LogP contribution is -2.45. The molecule has 4 heteroatoms. The van der Waals surface area contributed by atoms with Gasteiger partial charge in [0.15, 0.2) is 0 Å². The topological polar surface area (TPSA) is 46.2 Å². The van der Waals surface area contributed by atoms with Crippen LogP contribution in [-0.2, 0) is 0 Å². The van der Waals surface area contributed by atoms with Gasteiger partial charge in [0.2, 0.25) is 0 Å². The molecule has 4 rings (SSSR count). The molecule has 1 fully saturated rings. The summed E-state index contributed by atoms with van der Waals surface area (Å²) >= 11 is 0. The van der Waals surface area contributed by atoms with Crippen LogP contribution in [0.1, 0.15) is 24.9 Å². The highest BCUT2D eigenvalue weighted by molar-refractivity contribution is 5.82. The third-order valence-corrected chi connectivity index (χ3v) is 5.29. The Kier molecular flexibility index (Phi) is 4.47. The predicted molar refractivity (Wildman–Crippen MR) is 105 cm³/mol. The number of anilines is 1. The van der Waals surface area contributed by atoms with E-state index in [1.165, 1.54) is 16.5 Å². The minimum absolute atomic E-state index is 0.401. The average molecular weight is 334 g/mol. The lowest BCUT2D eigenvalue weighted by Gasteiger charge is -2.35. The van der Waals surface area contributed by atoms with Crippen LogP contribution in [0.25, 0.3) is 16.6 Å². The van der Waals surface area contributed by atoms with E-state index in [2.05, 4.69) is 76.4 Å². The molecule has 4 nitrogen and oxygen atoms in total. The van der Waals surface area contributed by atoms with Gasteiger partial charge in [-0.2, -0.15) is 0 Å². The van der Waals surface area contributed by atoms with Crippen LogP contribution in [0, 0.1) is 0 Å². The van der Waals surface area contributed by atoms with Crippen molar-refractivity contribution in [1.82, 2.24) is 14.8 Å². The second-order valence-corrected chi connectivity index (χ2v) is 6.77. The highest BCUT2D eigenvalue weighted by Crippen LogP contribution is 2.31. The molecule has 3 N–H and O–H groups in total. The van der Waals surface area contributed by atoms with Crippen LogP contribution in [0.3, 0.4) is 0 Å². The van der Waals surface area contributed by atoms with Crippen LogP contribution in [0.15, 0.2) is 54.7 Å². The summed E-state index contributed by atoms with van der Waals surface area (Å²) in [6.07, 6.45) is 3.20. The molecule has 0 aliphatic carbocycles. The first kappa shape index (κ1) is 16.2. The maximum atomic E-state index is 6.50. The molecule has 0 unspecified atom stereocenters. The van der Waals surface area contributed by atoms with E-state index in [1.54, 1.807) is 0 Å². The predicted octanol–water partition coefficient (Wildman–Crippen LogP) is 3.57. The summed E-state index contributed by atoms with van der Waals surface area (Å²) in [5.41, 5.74) is 11.0. The zero-order valence-corrected chi connectivity index (χ0v) is 14.8. The van der Waals surface area contributed by atoms with Gasteiger partial charge in [0.05, 0.1) is 5.52 Å². The lowest BCUT2D eigenvalue weighted by molar-refractivity contribution is 0.170. The Bertz CT molecular complexity index is 861. The molecule has 1 saturated heterocycles. The van der Waals surface area contributed by atoms with E-state index in [1.807, 2.05) is 0 Å². The molecule has 2 aromatic carbocycles. The smallest absolute Gasteiger partial charge is 0.0528 e. The standard InChI is InChI=1S/C21H26N4/c1-2-20(24-13-10-23-11-14-24)18-8-7-17(15-19(18)22)25-12-9-16-5-3-4-6-21(16)25/h3-9,12,15,20,23H,2,10-11,13-14,22H2,1H3/t20-/m1/s1. The van der Waals surface area contributed by atoms with E-state index in [-0.39, 0.29) is 0 Å². The van der Waals surface area contributed by atoms with Gasteiger partial charge in [0.25, 0.3) is 0 Å². The minimum atomic E-state index is 0.401.